The molecule has 2 fully saturated rings. The van der Waals surface area contributed by atoms with Gasteiger partial charge in [0.05, 0.1) is 5.92 Å². The molecule has 0 saturated carbocycles. The molecule has 5 nitrogen and oxygen atoms in total. The van der Waals surface area contributed by atoms with Gasteiger partial charge in [-0.1, -0.05) is 6.92 Å². The lowest BCUT2D eigenvalue weighted by Crippen LogP contribution is -2.52. The van der Waals surface area contributed by atoms with Crippen molar-refractivity contribution in [2.24, 2.45) is 5.92 Å². The Morgan fingerprint density at radius 1 is 1.04 bits per heavy atom. The van der Waals surface area contributed by atoms with Crippen LogP contribution in [-0.4, -0.2) is 66.8 Å². The minimum atomic E-state index is 0. The van der Waals surface area contributed by atoms with E-state index in [0.29, 0.717) is 18.4 Å². The van der Waals surface area contributed by atoms with Crippen LogP contribution >= 0.6 is 12.4 Å². The molecule has 2 saturated heterocycles. The number of carbonyl (C=O) groups excluding carboxylic acids is 2. The average molecular weight is 394 g/mol. The first kappa shape index (κ1) is 21.7. The fraction of sp³-hybridized carbons (Fsp3) is 0.619. The summed E-state index contributed by atoms with van der Waals surface area (Å²) in [5, 5.41) is 0. The summed E-state index contributed by atoms with van der Waals surface area (Å²) in [5.74, 6) is 0.581. The van der Waals surface area contributed by atoms with Crippen LogP contribution < -0.4 is 4.90 Å². The fourth-order valence-electron chi connectivity index (χ4n) is 3.98. The van der Waals surface area contributed by atoms with Gasteiger partial charge in [0.25, 0.3) is 0 Å². The number of ketones is 1. The molecule has 6 heteroatoms. The van der Waals surface area contributed by atoms with Gasteiger partial charge in [0, 0.05) is 63.0 Å². The largest absolute Gasteiger partial charge is 0.371 e. The van der Waals surface area contributed by atoms with E-state index in [1.54, 1.807) is 0 Å². The van der Waals surface area contributed by atoms with Crippen LogP contribution in [0.2, 0.25) is 0 Å². The molecule has 0 unspecified atom stereocenters. The zero-order valence-corrected chi connectivity index (χ0v) is 17.5. The third-order valence-electron chi connectivity index (χ3n) is 5.77. The Morgan fingerprint density at radius 3 is 2.22 bits per heavy atom. The van der Waals surface area contributed by atoms with Crippen molar-refractivity contribution in [1.82, 2.24) is 9.80 Å². The van der Waals surface area contributed by atoms with Crippen LogP contribution in [0.25, 0.3) is 0 Å². The summed E-state index contributed by atoms with van der Waals surface area (Å²) in [7, 11) is 0. The van der Waals surface area contributed by atoms with Gasteiger partial charge in [0.15, 0.2) is 5.78 Å². The summed E-state index contributed by atoms with van der Waals surface area (Å²) in [6.45, 7) is 11.7. The van der Waals surface area contributed by atoms with E-state index in [4.69, 9.17) is 0 Å². The maximum absolute atomic E-state index is 12.9. The van der Waals surface area contributed by atoms with Crippen LogP contribution in [0, 0.1) is 5.92 Å². The highest BCUT2D eigenvalue weighted by molar-refractivity contribution is 5.96. The van der Waals surface area contributed by atoms with Gasteiger partial charge in [-0.15, -0.1) is 12.4 Å². The highest BCUT2D eigenvalue weighted by Gasteiger charge is 2.33. The number of carbonyl (C=O) groups is 2. The molecule has 0 aliphatic carbocycles. The molecule has 1 aromatic carbocycles. The van der Waals surface area contributed by atoms with Gasteiger partial charge in [0.2, 0.25) is 5.91 Å². The first-order chi connectivity index (χ1) is 12.5. The lowest BCUT2D eigenvalue weighted by atomic mass is 10.1. The van der Waals surface area contributed by atoms with Gasteiger partial charge in [-0.2, -0.15) is 0 Å². The van der Waals surface area contributed by atoms with Gasteiger partial charge in [-0.05, 0) is 44.5 Å². The van der Waals surface area contributed by atoms with Gasteiger partial charge in [-0.3, -0.25) is 14.5 Å². The van der Waals surface area contributed by atoms with Crippen LogP contribution in [0.15, 0.2) is 24.3 Å². The quantitative estimate of drug-likeness (QED) is 0.721. The van der Waals surface area contributed by atoms with E-state index in [9.17, 15) is 9.59 Å². The van der Waals surface area contributed by atoms with E-state index >= 15 is 0 Å². The lowest BCUT2D eigenvalue weighted by Gasteiger charge is -2.37. The molecule has 0 bridgehead atoms. The number of nitrogens with zero attached hydrogens (tertiary/aromatic N) is 3. The number of piperazine rings is 1. The Morgan fingerprint density at radius 2 is 1.67 bits per heavy atom. The van der Waals surface area contributed by atoms with Crippen LogP contribution in [0.4, 0.5) is 5.69 Å². The third kappa shape index (κ3) is 5.02. The van der Waals surface area contributed by atoms with Crippen molar-refractivity contribution in [3.05, 3.63) is 29.8 Å². The number of anilines is 1. The standard InChI is InChI=1S/C21H31N3O2.ClH/c1-4-20(25)17-5-7-19(8-6-17)24-10-9-18(15-24)21(26)23-13-11-22(12-14-23)16(2)3;/h5-8,16,18H,4,9-15H2,1-3H3;1H/t18-;/m0./s1. The Kier molecular flexibility index (Phi) is 7.68. The molecule has 2 heterocycles. The molecule has 0 aromatic heterocycles. The highest BCUT2D eigenvalue weighted by atomic mass is 35.5. The van der Waals surface area contributed by atoms with Crippen LogP contribution in [-0.2, 0) is 4.79 Å². The van der Waals surface area contributed by atoms with Crippen LogP contribution in [0.5, 0.6) is 0 Å². The molecular weight excluding hydrogens is 362 g/mol. The minimum Gasteiger partial charge on any atom is -0.371 e. The molecule has 1 amide bonds. The van der Waals surface area contributed by atoms with E-state index in [0.717, 1.165) is 56.9 Å². The molecule has 1 atom stereocenters. The summed E-state index contributed by atoms with van der Waals surface area (Å²) in [5.41, 5.74) is 1.88. The van der Waals surface area contributed by atoms with Gasteiger partial charge in [0.1, 0.15) is 0 Å². The molecule has 2 aliphatic heterocycles. The molecule has 0 radical (unpaired) electrons. The van der Waals surface area contributed by atoms with E-state index in [-0.39, 0.29) is 24.1 Å². The smallest absolute Gasteiger partial charge is 0.227 e. The summed E-state index contributed by atoms with van der Waals surface area (Å²) in [6.07, 6.45) is 1.45. The summed E-state index contributed by atoms with van der Waals surface area (Å²) >= 11 is 0. The Balaban J connectivity index is 0.00000261. The maximum atomic E-state index is 12.9. The van der Waals surface area contributed by atoms with E-state index < -0.39 is 0 Å². The second-order valence-corrected chi connectivity index (χ2v) is 7.71. The van der Waals surface area contributed by atoms with Crippen molar-refractivity contribution in [2.45, 2.75) is 39.7 Å². The molecule has 0 spiro atoms. The first-order valence-electron chi connectivity index (χ1n) is 9.90. The number of hydrogen-bond acceptors (Lipinski definition) is 4. The van der Waals surface area contributed by atoms with Crippen LogP contribution in [0.1, 0.15) is 44.0 Å². The SMILES string of the molecule is CCC(=O)c1ccc(N2CC[C@H](C(=O)N3CCN(C(C)C)CC3)C2)cc1.Cl. The van der Waals surface area contributed by atoms with Crippen LogP contribution in [0.3, 0.4) is 0 Å². The number of Topliss-reactive ketones (excluding diaryl/α,β-unsaturated/α-hetero) is 1. The summed E-state index contributed by atoms with van der Waals surface area (Å²) in [4.78, 5) is 31.4. The van der Waals surface area contributed by atoms with Gasteiger partial charge >= 0.3 is 0 Å². The fourth-order valence-corrected chi connectivity index (χ4v) is 3.98. The van der Waals surface area contributed by atoms with Crippen molar-refractivity contribution < 1.29 is 9.59 Å². The number of hydrogen-bond donors (Lipinski definition) is 0. The highest BCUT2D eigenvalue weighted by Crippen LogP contribution is 2.26. The molecule has 2 aliphatic rings. The maximum Gasteiger partial charge on any atom is 0.227 e. The van der Waals surface area contributed by atoms with Crippen molar-refractivity contribution in [1.29, 1.82) is 0 Å². The second kappa shape index (κ2) is 9.56. The van der Waals surface area contributed by atoms with Gasteiger partial charge < -0.3 is 9.80 Å². The first-order valence-corrected chi connectivity index (χ1v) is 9.90. The number of halogens is 1. The van der Waals surface area contributed by atoms with E-state index in [1.807, 2.05) is 31.2 Å². The van der Waals surface area contributed by atoms with E-state index in [1.165, 1.54) is 0 Å². The van der Waals surface area contributed by atoms with Crippen molar-refractivity contribution in [3.63, 3.8) is 0 Å². The molecule has 1 aromatic rings. The summed E-state index contributed by atoms with van der Waals surface area (Å²) in [6, 6.07) is 8.38. The van der Waals surface area contributed by atoms with Crippen molar-refractivity contribution >= 4 is 29.8 Å². The number of rotatable bonds is 5. The number of amides is 1. The summed E-state index contributed by atoms with van der Waals surface area (Å²) < 4.78 is 0. The average Bonchev–Trinajstić information content (AvgIpc) is 3.17. The molecule has 150 valence electrons. The lowest BCUT2D eigenvalue weighted by molar-refractivity contribution is -0.136. The minimum absolute atomic E-state index is 0. The zero-order valence-electron chi connectivity index (χ0n) is 16.7. The normalized spacial score (nSPS) is 20.7. The number of benzene rings is 1. The topological polar surface area (TPSA) is 43.9 Å². The Labute approximate surface area is 169 Å². The zero-order chi connectivity index (χ0) is 18.7. The Hall–Kier alpha value is -1.59. The third-order valence-corrected chi connectivity index (χ3v) is 5.77. The Bertz CT molecular complexity index is 639. The van der Waals surface area contributed by atoms with Crippen molar-refractivity contribution in [3.8, 4) is 0 Å². The molecular formula is C21H32ClN3O2. The second-order valence-electron chi connectivity index (χ2n) is 7.71. The van der Waals surface area contributed by atoms with E-state index in [2.05, 4.69) is 28.5 Å². The molecule has 27 heavy (non-hydrogen) atoms. The predicted octanol–water partition coefficient (Wildman–Crippen LogP) is 3.08. The predicted molar refractivity (Wildman–Crippen MR) is 112 cm³/mol. The monoisotopic (exact) mass is 393 g/mol. The van der Waals surface area contributed by atoms with Crippen molar-refractivity contribution in [2.75, 3.05) is 44.2 Å². The molecule has 3 rings (SSSR count). The molecule has 0 N–H and O–H groups in total. The van der Waals surface area contributed by atoms with Gasteiger partial charge in [-0.25, -0.2) is 0 Å².